The van der Waals surface area contributed by atoms with Crippen molar-refractivity contribution >= 4 is 27.0 Å². The molecular weight excluding hydrogens is 328 g/mol. The second-order valence-electron chi connectivity index (χ2n) is 4.77. The maximum atomic E-state index is 5.86. The smallest absolute Gasteiger partial charge is 0.148 e. The molecule has 0 N–H and O–H groups in total. The fourth-order valence-electron chi connectivity index (χ4n) is 2.20. The average molecular weight is 343 g/mol. The van der Waals surface area contributed by atoms with E-state index in [9.17, 15) is 0 Å². The van der Waals surface area contributed by atoms with E-state index in [0.29, 0.717) is 6.61 Å². The number of fused-ring (bicyclic) bond motifs is 1. The molecule has 0 saturated carbocycles. The van der Waals surface area contributed by atoms with Gasteiger partial charge in [-0.3, -0.25) is 4.98 Å². The fraction of sp³-hybridized carbons (Fsp3) is 0.176. The molecule has 0 aliphatic carbocycles. The Morgan fingerprint density at radius 3 is 2.76 bits per heavy atom. The van der Waals surface area contributed by atoms with E-state index < -0.39 is 0 Å². The van der Waals surface area contributed by atoms with Crippen LogP contribution in [0.1, 0.15) is 12.0 Å². The molecule has 0 amide bonds. The number of pyridine rings is 2. The van der Waals surface area contributed by atoms with Gasteiger partial charge in [0.15, 0.2) is 0 Å². The first kappa shape index (κ1) is 14.0. The molecule has 0 unspecified atom stereocenters. The summed E-state index contributed by atoms with van der Waals surface area (Å²) in [6, 6.07) is 14.3. The highest BCUT2D eigenvalue weighted by atomic mass is 79.9. The molecule has 106 valence electrons. The molecule has 21 heavy (non-hydrogen) atoms. The van der Waals surface area contributed by atoms with Gasteiger partial charge in [-0.1, -0.05) is 30.3 Å². The van der Waals surface area contributed by atoms with Crippen LogP contribution >= 0.6 is 15.9 Å². The summed E-state index contributed by atoms with van der Waals surface area (Å²) in [5, 5.41) is 0. The number of halogens is 1. The third kappa shape index (κ3) is 3.58. The molecule has 0 aliphatic rings. The predicted octanol–water partition coefficient (Wildman–Crippen LogP) is 4.40. The molecule has 0 atom stereocenters. The number of hydrogen-bond acceptors (Lipinski definition) is 3. The number of nitrogens with zero attached hydrogens (tertiary/aromatic N) is 2. The van der Waals surface area contributed by atoms with Crippen molar-refractivity contribution < 1.29 is 4.74 Å². The van der Waals surface area contributed by atoms with E-state index >= 15 is 0 Å². The summed E-state index contributed by atoms with van der Waals surface area (Å²) >= 11 is 3.40. The van der Waals surface area contributed by atoms with Crippen LogP contribution in [0.25, 0.3) is 11.0 Å². The van der Waals surface area contributed by atoms with E-state index in [1.165, 1.54) is 5.56 Å². The lowest BCUT2D eigenvalue weighted by Crippen LogP contribution is -2.00. The first-order valence-electron chi connectivity index (χ1n) is 6.90. The van der Waals surface area contributed by atoms with Crippen molar-refractivity contribution in [3.8, 4) is 5.75 Å². The van der Waals surface area contributed by atoms with Crippen molar-refractivity contribution in [2.24, 2.45) is 0 Å². The molecule has 2 aromatic heterocycles. The maximum Gasteiger partial charge on any atom is 0.148 e. The molecule has 1 aromatic carbocycles. The molecule has 3 rings (SSSR count). The summed E-state index contributed by atoms with van der Waals surface area (Å²) in [6.45, 7) is 0.672. The van der Waals surface area contributed by atoms with Gasteiger partial charge in [0.1, 0.15) is 11.3 Å². The number of aromatic nitrogens is 2. The molecule has 2 heterocycles. The average Bonchev–Trinajstić information content (AvgIpc) is 2.52. The first-order valence-corrected chi connectivity index (χ1v) is 7.69. The topological polar surface area (TPSA) is 35.0 Å². The highest BCUT2D eigenvalue weighted by Gasteiger charge is 2.05. The van der Waals surface area contributed by atoms with Crippen LogP contribution in [-0.2, 0) is 6.42 Å². The first-order chi connectivity index (χ1) is 10.3. The minimum Gasteiger partial charge on any atom is -0.491 e. The quantitative estimate of drug-likeness (QED) is 0.644. The van der Waals surface area contributed by atoms with Crippen molar-refractivity contribution in [2.45, 2.75) is 12.8 Å². The van der Waals surface area contributed by atoms with Crippen molar-refractivity contribution in [1.82, 2.24) is 9.97 Å². The summed E-state index contributed by atoms with van der Waals surface area (Å²) in [5.41, 5.74) is 2.98. The fourth-order valence-corrected chi connectivity index (χ4v) is 2.52. The Kier molecular flexibility index (Phi) is 4.46. The number of ether oxygens (including phenoxy) is 1. The maximum absolute atomic E-state index is 5.86. The molecule has 0 spiro atoms. The SMILES string of the molecule is Brc1cnc2c(OCCCc3ccccc3)ccnc2c1. The molecular formula is C17H15BrN2O. The van der Waals surface area contributed by atoms with Crippen LogP contribution in [0.15, 0.2) is 59.3 Å². The van der Waals surface area contributed by atoms with Gasteiger partial charge in [0, 0.05) is 22.9 Å². The zero-order valence-electron chi connectivity index (χ0n) is 11.5. The Morgan fingerprint density at radius 2 is 1.90 bits per heavy atom. The Morgan fingerprint density at radius 1 is 1.05 bits per heavy atom. The van der Waals surface area contributed by atoms with Gasteiger partial charge < -0.3 is 4.74 Å². The Labute approximate surface area is 132 Å². The van der Waals surface area contributed by atoms with Crippen LogP contribution in [0, 0.1) is 0 Å². The van der Waals surface area contributed by atoms with Gasteiger partial charge in [0.05, 0.1) is 12.1 Å². The second kappa shape index (κ2) is 6.68. The van der Waals surface area contributed by atoms with Gasteiger partial charge in [-0.2, -0.15) is 0 Å². The minimum atomic E-state index is 0.672. The molecule has 4 heteroatoms. The summed E-state index contributed by atoms with van der Waals surface area (Å²) in [7, 11) is 0. The highest BCUT2D eigenvalue weighted by Crippen LogP contribution is 2.24. The minimum absolute atomic E-state index is 0.672. The van der Waals surface area contributed by atoms with Gasteiger partial charge in [0.25, 0.3) is 0 Å². The Bertz CT molecular complexity index is 731. The van der Waals surface area contributed by atoms with Crippen molar-refractivity contribution in [3.05, 3.63) is 64.9 Å². The largest absolute Gasteiger partial charge is 0.491 e. The molecule has 0 aliphatic heterocycles. The van der Waals surface area contributed by atoms with Gasteiger partial charge >= 0.3 is 0 Å². The summed E-state index contributed by atoms with van der Waals surface area (Å²) in [5.74, 6) is 0.792. The molecule has 0 saturated heterocycles. The molecule has 3 nitrogen and oxygen atoms in total. The Hall–Kier alpha value is -1.94. The van der Waals surface area contributed by atoms with Crippen LogP contribution in [0.5, 0.6) is 5.75 Å². The zero-order valence-corrected chi connectivity index (χ0v) is 13.1. The van der Waals surface area contributed by atoms with E-state index in [-0.39, 0.29) is 0 Å². The number of hydrogen-bond donors (Lipinski definition) is 0. The van der Waals surface area contributed by atoms with Gasteiger partial charge in [-0.25, -0.2) is 4.98 Å². The summed E-state index contributed by atoms with van der Waals surface area (Å²) in [6.07, 6.45) is 5.51. The molecule has 0 bridgehead atoms. The highest BCUT2D eigenvalue weighted by molar-refractivity contribution is 9.10. The van der Waals surface area contributed by atoms with Crippen molar-refractivity contribution in [1.29, 1.82) is 0 Å². The van der Waals surface area contributed by atoms with Crippen molar-refractivity contribution in [3.63, 3.8) is 0 Å². The third-order valence-electron chi connectivity index (χ3n) is 3.22. The van der Waals surface area contributed by atoms with Crippen LogP contribution in [-0.4, -0.2) is 16.6 Å². The van der Waals surface area contributed by atoms with E-state index in [2.05, 4.69) is 50.2 Å². The second-order valence-corrected chi connectivity index (χ2v) is 5.68. The standard InChI is InChI=1S/C17H15BrN2O/c18-14-11-15-17(20-12-14)16(8-9-19-15)21-10-4-7-13-5-2-1-3-6-13/h1-3,5-6,8-9,11-12H,4,7,10H2. The van der Waals surface area contributed by atoms with Crippen LogP contribution in [0.2, 0.25) is 0 Å². The van der Waals surface area contributed by atoms with Crippen LogP contribution in [0.4, 0.5) is 0 Å². The monoisotopic (exact) mass is 342 g/mol. The van der Waals surface area contributed by atoms with E-state index in [4.69, 9.17) is 4.74 Å². The van der Waals surface area contributed by atoms with Gasteiger partial charge in [-0.05, 0) is 40.4 Å². The summed E-state index contributed by atoms with van der Waals surface area (Å²) in [4.78, 5) is 8.69. The van der Waals surface area contributed by atoms with Crippen molar-refractivity contribution in [2.75, 3.05) is 6.61 Å². The van der Waals surface area contributed by atoms with Gasteiger partial charge in [-0.15, -0.1) is 0 Å². The van der Waals surface area contributed by atoms with Gasteiger partial charge in [0.2, 0.25) is 0 Å². The van der Waals surface area contributed by atoms with E-state index in [1.54, 1.807) is 12.4 Å². The van der Waals surface area contributed by atoms with E-state index in [1.807, 2.05) is 18.2 Å². The summed E-state index contributed by atoms with van der Waals surface area (Å²) < 4.78 is 6.78. The predicted molar refractivity (Wildman–Crippen MR) is 87.5 cm³/mol. The molecule has 3 aromatic rings. The van der Waals surface area contributed by atoms with Crippen LogP contribution < -0.4 is 4.74 Å². The third-order valence-corrected chi connectivity index (χ3v) is 3.65. The molecule has 0 radical (unpaired) electrons. The van der Waals surface area contributed by atoms with E-state index in [0.717, 1.165) is 34.1 Å². The number of benzene rings is 1. The Balaban J connectivity index is 1.63. The lowest BCUT2D eigenvalue weighted by atomic mass is 10.1. The number of rotatable bonds is 5. The number of aryl methyl sites for hydroxylation is 1. The lowest BCUT2D eigenvalue weighted by Gasteiger charge is -2.08. The molecule has 0 fully saturated rings. The normalized spacial score (nSPS) is 10.7. The zero-order chi connectivity index (χ0) is 14.5. The van der Waals surface area contributed by atoms with Crippen LogP contribution in [0.3, 0.4) is 0 Å². The lowest BCUT2D eigenvalue weighted by molar-refractivity contribution is 0.314.